The molecule has 0 radical (unpaired) electrons. The third-order valence-electron chi connectivity index (χ3n) is 4.28. The maximum Gasteiger partial charge on any atom is 0.0681 e. The average Bonchev–Trinajstić information content (AvgIpc) is 2.46. The van der Waals surface area contributed by atoms with Crippen molar-refractivity contribution in [2.75, 3.05) is 7.05 Å². The zero-order valence-corrected chi connectivity index (χ0v) is 14.1. The Kier molecular flexibility index (Phi) is 4.21. The first-order valence-electron chi connectivity index (χ1n) is 7.29. The summed E-state index contributed by atoms with van der Waals surface area (Å²) >= 11 is 6.23. The lowest BCUT2D eigenvalue weighted by atomic mass is 9.79. The quantitative estimate of drug-likeness (QED) is 0.886. The van der Waals surface area contributed by atoms with E-state index in [1.807, 2.05) is 13.1 Å². The largest absolute Gasteiger partial charge is 0.369 e. The first kappa shape index (κ1) is 15.8. The molecule has 0 saturated carbocycles. The molecule has 2 unspecified atom stereocenters. The van der Waals surface area contributed by atoms with E-state index in [1.165, 1.54) is 11.1 Å². The normalized spacial score (nSPS) is 25.6. The average molecular weight is 296 g/mol. The van der Waals surface area contributed by atoms with E-state index in [4.69, 9.17) is 16.3 Å². The van der Waals surface area contributed by atoms with E-state index in [0.29, 0.717) is 5.92 Å². The summed E-state index contributed by atoms with van der Waals surface area (Å²) in [6.07, 6.45) is 1.04. The van der Waals surface area contributed by atoms with Gasteiger partial charge in [-0.15, -0.1) is 0 Å². The van der Waals surface area contributed by atoms with Gasteiger partial charge in [0.2, 0.25) is 0 Å². The van der Waals surface area contributed by atoms with Gasteiger partial charge in [0.1, 0.15) is 0 Å². The minimum atomic E-state index is -0.145. The summed E-state index contributed by atoms with van der Waals surface area (Å²) < 4.78 is 6.24. The van der Waals surface area contributed by atoms with Crippen LogP contribution in [0, 0.1) is 12.8 Å². The van der Waals surface area contributed by atoms with Crippen LogP contribution in [0.1, 0.15) is 51.3 Å². The van der Waals surface area contributed by atoms with Crippen molar-refractivity contribution in [1.82, 2.24) is 5.32 Å². The van der Waals surface area contributed by atoms with E-state index in [0.717, 1.165) is 11.4 Å². The Balaban J connectivity index is 2.37. The van der Waals surface area contributed by atoms with Crippen molar-refractivity contribution in [2.45, 2.75) is 58.3 Å². The van der Waals surface area contributed by atoms with E-state index >= 15 is 0 Å². The minimum absolute atomic E-state index is 0.0725. The second-order valence-electron chi connectivity index (χ2n) is 7.10. The molecule has 0 aliphatic carbocycles. The molecule has 20 heavy (non-hydrogen) atoms. The van der Waals surface area contributed by atoms with Gasteiger partial charge in [-0.1, -0.05) is 17.7 Å². The molecule has 0 aromatic heterocycles. The van der Waals surface area contributed by atoms with Gasteiger partial charge in [0.05, 0.1) is 11.2 Å². The number of benzene rings is 1. The summed E-state index contributed by atoms with van der Waals surface area (Å²) in [5.41, 5.74) is 2.23. The summed E-state index contributed by atoms with van der Waals surface area (Å²) in [7, 11) is 2.02. The van der Waals surface area contributed by atoms with Gasteiger partial charge in [-0.05, 0) is 71.3 Å². The molecule has 2 rings (SSSR count). The minimum Gasteiger partial charge on any atom is -0.369 e. The van der Waals surface area contributed by atoms with Gasteiger partial charge in [-0.2, -0.15) is 0 Å². The zero-order valence-electron chi connectivity index (χ0n) is 13.4. The molecule has 0 spiro atoms. The van der Waals surface area contributed by atoms with Crippen molar-refractivity contribution in [3.8, 4) is 0 Å². The Labute approximate surface area is 127 Å². The summed E-state index contributed by atoms with van der Waals surface area (Å²) in [4.78, 5) is 0. The van der Waals surface area contributed by atoms with Crippen LogP contribution in [0.15, 0.2) is 18.2 Å². The van der Waals surface area contributed by atoms with Crippen molar-refractivity contribution < 1.29 is 4.74 Å². The molecule has 1 saturated heterocycles. The fraction of sp³-hybridized carbons (Fsp3) is 0.647. The van der Waals surface area contributed by atoms with Crippen molar-refractivity contribution >= 4 is 11.6 Å². The number of nitrogens with one attached hydrogen (secondary N) is 1. The molecule has 112 valence electrons. The lowest BCUT2D eigenvalue weighted by Gasteiger charge is -2.33. The van der Waals surface area contributed by atoms with Crippen LogP contribution >= 0.6 is 11.6 Å². The molecular weight excluding hydrogens is 270 g/mol. The lowest BCUT2D eigenvalue weighted by Crippen LogP contribution is -2.37. The fourth-order valence-electron chi connectivity index (χ4n) is 3.67. The molecule has 0 amide bonds. The third-order valence-corrected chi connectivity index (χ3v) is 4.50. The molecule has 1 aliphatic heterocycles. The Morgan fingerprint density at radius 1 is 1.25 bits per heavy atom. The smallest absolute Gasteiger partial charge is 0.0681 e. The van der Waals surface area contributed by atoms with Gasteiger partial charge in [0.15, 0.2) is 0 Å². The van der Waals surface area contributed by atoms with Crippen LogP contribution in [-0.4, -0.2) is 18.2 Å². The van der Waals surface area contributed by atoms with Gasteiger partial charge in [0.25, 0.3) is 0 Å². The molecule has 1 aromatic carbocycles. The third kappa shape index (κ3) is 3.19. The number of hydrogen-bond donors (Lipinski definition) is 1. The molecule has 1 fully saturated rings. The number of rotatable bonds is 3. The van der Waals surface area contributed by atoms with Crippen LogP contribution in [0.25, 0.3) is 0 Å². The van der Waals surface area contributed by atoms with E-state index in [1.54, 1.807) is 0 Å². The van der Waals surface area contributed by atoms with Gasteiger partial charge in [-0.25, -0.2) is 0 Å². The van der Waals surface area contributed by atoms with Gasteiger partial charge >= 0.3 is 0 Å². The number of aryl methyl sites for hydroxylation is 1. The standard InChI is InChI=1S/C17H26ClNO/c1-11-7-12(9-13(18)8-11)15(19-6)14-10-16(2,3)20-17(14,4)5/h7-9,14-15,19H,10H2,1-6H3. The summed E-state index contributed by atoms with van der Waals surface area (Å²) in [5.74, 6) is 0.417. The topological polar surface area (TPSA) is 21.3 Å². The molecule has 2 nitrogen and oxygen atoms in total. The van der Waals surface area contributed by atoms with Gasteiger partial charge in [0, 0.05) is 17.0 Å². The maximum absolute atomic E-state index is 6.24. The van der Waals surface area contributed by atoms with Gasteiger partial charge < -0.3 is 10.1 Å². The molecule has 3 heteroatoms. The predicted molar refractivity (Wildman–Crippen MR) is 85.3 cm³/mol. The maximum atomic E-state index is 6.24. The highest BCUT2D eigenvalue weighted by Crippen LogP contribution is 2.47. The highest BCUT2D eigenvalue weighted by Gasteiger charge is 2.49. The molecular formula is C17H26ClNO. The second kappa shape index (κ2) is 5.32. The Hall–Kier alpha value is -0.570. The first-order chi connectivity index (χ1) is 9.14. The van der Waals surface area contributed by atoms with E-state index < -0.39 is 0 Å². The SMILES string of the molecule is CNC(c1cc(C)cc(Cl)c1)C1CC(C)(C)OC1(C)C. The predicted octanol–water partition coefficient (Wildman–Crippen LogP) is 4.50. The van der Waals surface area contributed by atoms with Crippen LogP contribution in [0.5, 0.6) is 0 Å². The van der Waals surface area contributed by atoms with Crippen molar-refractivity contribution in [3.63, 3.8) is 0 Å². The monoisotopic (exact) mass is 295 g/mol. The van der Waals surface area contributed by atoms with Crippen molar-refractivity contribution in [2.24, 2.45) is 5.92 Å². The van der Waals surface area contributed by atoms with Crippen LogP contribution in [0.3, 0.4) is 0 Å². The van der Waals surface area contributed by atoms with E-state index in [9.17, 15) is 0 Å². The van der Waals surface area contributed by atoms with Crippen LogP contribution in [0.4, 0.5) is 0 Å². The van der Waals surface area contributed by atoms with Crippen molar-refractivity contribution in [3.05, 3.63) is 34.3 Å². The van der Waals surface area contributed by atoms with Crippen LogP contribution < -0.4 is 5.32 Å². The first-order valence-corrected chi connectivity index (χ1v) is 7.67. The van der Waals surface area contributed by atoms with Crippen molar-refractivity contribution in [1.29, 1.82) is 0 Å². The number of halogens is 1. The Bertz CT molecular complexity index is 476. The molecule has 0 bridgehead atoms. The molecule has 1 aromatic rings. The molecule has 1 aliphatic rings. The van der Waals surface area contributed by atoms with Crippen LogP contribution in [0.2, 0.25) is 5.02 Å². The molecule has 1 N–H and O–H groups in total. The fourth-order valence-corrected chi connectivity index (χ4v) is 3.97. The van der Waals surface area contributed by atoms with E-state index in [-0.39, 0.29) is 17.2 Å². The summed E-state index contributed by atoms with van der Waals surface area (Å²) in [6.45, 7) is 10.8. The Morgan fingerprint density at radius 2 is 1.90 bits per heavy atom. The van der Waals surface area contributed by atoms with Crippen LogP contribution in [-0.2, 0) is 4.74 Å². The summed E-state index contributed by atoms with van der Waals surface area (Å²) in [6, 6.07) is 6.54. The second-order valence-corrected chi connectivity index (χ2v) is 7.54. The molecule has 1 heterocycles. The Morgan fingerprint density at radius 3 is 2.35 bits per heavy atom. The summed E-state index contributed by atoms with van der Waals surface area (Å²) in [5, 5.41) is 4.27. The van der Waals surface area contributed by atoms with Gasteiger partial charge in [-0.3, -0.25) is 0 Å². The highest BCUT2D eigenvalue weighted by atomic mass is 35.5. The zero-order chi connectivity index (χ0) is 15.1. The molecule has 2 atom stereocenters. The number of ether oxygens (including phenoxy) is 1. The number of hydrogen-bond acceptors (Lipinski definition) is 2. The highest BCUT2D eigenvalue weighted by molar-refractivity contribution is 6.30. The van der Waals surface area contributed by atoms with E-state index in [2.05, 4.69) is 52.1 Å². The lowest BCUT2D eigenvalue weighted by molar-refractivity contribution is -0.0776.